The number of piperidine rings is 1. The second kappa shape index (κ2) is 9.07. The van der Waals surface area contributed by atoms with Crippen molar-refractivity contribution in [2.75, 3.05) is 24.5 Å². The molecule has 0 spiro atoms. The molecule has 1 aromatic carbocycles. The van der Waals surface area contributed by atoms with E-state index in [1.165, 1.54) is 18.3 Å². The molecule has 0 bridgehead atoms. The highest BCUT2D eigenvalue weighted by atomic mass is 19.1. The fourth-order valence-corrected chi connectivity index (χ4v) is 5.05. The number of amides is 1. The average molecular weight is 476 g/mol. The maximum atomic E-state index is 14.6. The SMILES string of the molecule is Cc1cn2nc([C@@H]3CCCCN3C(=O)c3ccc(C#N)cc3F)cc2nc1N1C[C@@H](C=N)[C@@H](O)C1. The van der Waals surface area contributed by atoms with Gasteiger partial charge < -0.3 is 20.3 Å². The summed E-state index contributed by atoms with van der Waals surface area (Å²) in [7, 11) is 0. The highest BCUT2D eigenvalue weighted by Crippen LogP contribution is 2.33. The van der Waals surface area contributed by atoms with Crippen LogP contribution in [0.2, 0.25) is 0 Å². The van der Waals surface area contributed by atoms with Crippen molar-refractivity contribution in [2.24, 2.45) is 5.92 Å². The van der Waals surface area contributed by atoms with Crippen molar-refractivity contribution in [3.05, 3.63) is 58.7 Å². The van der Waals surface area contributed by atoms with Crippen LogP contribution in [0.3, 0.4) is 0 Å². The number of hydrogen-bond acceptors (Lipinski definition) is 7. The topological polar surface area (TPSA) is 122 Å². The summed E-state index contributed by atoms with van der Waals surface area (Å²) in [5.41, 5.74) is 2.32. The van der Waals surface area contributed by atoms with Gasteiger partial charge in [0.05, 0.1) is 35.0 Å². The summed E-state index contributed by atoms with van der Waals surface area (Å²) < 4.78 is 16.3. The third-order valence-corrected chi connectivity index (χ3v) is 6.90. The Bertz CT molecular complexity index is 1350. The summed E-state index contributed by atoms with van der Waals surface area (Å²) in [6.07, 6.45) is 5.00. The lowest BCUT2D eigenvalue weighted by atomic mass is 9.98. The average Bonchev–Trinajstić information content (AvgIpc) is 3.45. The Morgan fingerprint density at radius 2 is 2.14 bits per heavy atom. The molecule has 3 aromatic rings. The van der Waals surface area contributed by atoms with E-state index in [9.17, 15) is 14.3 Å². The first-order chi connectivity index (χ1) is 16.9. The van der Waals surface area contributed by atoms with Gasteiger partial charge in [-0.2, -0.15) is 10.4 Å². The number of aliphatic hydroxyl groups excluding tert-OH is 1. The van der Waals surface area contributed by atoms with Crippen LogP contribution in [0.25, 0.3) is 5.65 Å². The molecule has 35 heavy (non-hydrogen) atoms. The van der Waals surface area contributed by atoms with E-state index in [1.807, 2.05) is 30.2 Å². The molecule has 2 N–H and O–H groups in total. The number of aromatic nitrogens is 3. The summed E-state index contributed by atoms with van der Waals surface area (Å²) in [4.78, 5) is 21.7. The van der Waals surface area contributed by atoms with Gasteiger partial charge in [-0.05, 0) is 44.4 Å². The van der Waals surface area contributed by atoms with E-state index < -0.39 is 17.8 Å². The van der Waals surface area contributed by atoms with Crippen LogP contribution < -0.4 is 4.90 Å². The number of aliphatic hydroxyl groups is 1. The molecular formula is C25H26FN7O2. The Morgan fingerprint density at radius 1 is 1.31 bits per heavy atom. The molecule has 0 radical (unpaired) electrons. The quantitative estimate of drug-likeness (QED) is 0.560. The smallest absolute Gasteiger partial charge is 0.257 e. The minimum Gasteiger partial charge on any atom is -0.391 e. The number of anilines is 1. The van der Waals surface area contributed by atoms with Gasteiger partial charge in [-0.25, -0.2) is 13.9 Å². The first kappa shape index (κ1) is 22.9. The molecular weight excluding hydrogens is 449 g/mol. The molecule has 2 saturated heterocycles. The van der Waals surface area contributed by atoms with Crippen molar-refractivity contribution in [3.63, 3.8) is 0 Å². The number of fused-ring (bicyclic) bond motifs is 1. The molecule has 4 heterocycles. The summed E-state index contributed by atoms with van der Waals surface area (Å²) in [6.45, 7) is 3.35. The summed E-state index contributed by atoms with van der Waals surface area (Å²) in [6, 6.07) is 7.34. The zero-order valence-corrected chi connectivity index (χ0v) is 19.4. The number of rotatable bonds is 4. The van der Waals surface area contributed by atoms with Crippen molar-refractivity contribution in [3.8, 4) is 6.07 Å². The monoisotopic (exact) mass is 475 g/mol. The molecule has 0 unspecified atom stereocenters. The van der Waals surface area contributed by atoms with E-state index >= 15 is 0 Å². The number of hydrogen-bond donors (Lipinski definition) is 2. The standard InChI is InChI=1S/C25H26FN7O2/c1-15-12-33-23(29-24(15)31-13-17(11-28)22(34)14-31)9-20(30-33)21-4-2-3-7-32(21)25(35)18-6-5-16(10-27)8-19(18)26/h5-6,8-9,11-12,17,21-22,28,34H,2-4,7,13-14H2,1H3/t17-,21+,22+/m1/s1. The van der Waals surface area contributed by atoms with Gasteiger partial charge in [0.15, 0.2) is 5.65 Å². The number of nitriles is 1. The van der Waals surface area contributed by atoms with Gasteiger partial charge in [0, 0.05) is 49.6 Å². The highest BCUT2D eigenvalue weighted by molar-refractivity contribution is 5.95. The van der Waals surface area contributed by atoms with Gasteiger partial charge in [0.25, 0.3) is 5.91 Å². The molecule has 2 fully saturated rings. The van der Waals surface area contributed by atoms with Crippen molar-refractivity contribution in [1.29, 1.82) is 10.7 Å². The molecule has 3 atom stereocenters. The van der Waals surface area contributed by atoms with Crippen molar-refractivity contribution >= 4 is 23.6 Å². The number of β-amino-alcohol motifs (C(OH)–C–C–N with tert-alkyl or cyclic N) is 1. The molecule has 0 aliphatic carbocycles. The minimum atomic E-state index is -0.702. The Hall–Kier alpha value is -3.84. The van der Waals surface area contributed by atoms with Crippen molar-refractivity contribution < 1.29 is 14.3 Å². The number of likely N-dealkylation sites (tertiary alicyclic amines) is 1. The summed E-state index contributed by atoms with van der Waals surface area (Å²) in [5.74, 6) is -0.602. The van der Waals surface area contributed by atoms with Crippen molar-refractivity contribution in [2.45, 2.75) is 38.3 Å². The van der Waals surface area contributed by atoms with E-state index in [4.69, 9.17) is 20.8 Å². The number of benzene rings is 1. The second-order valence-corrected chi connectivity index (χ2v) is 9.24. The normalized spacial score (nSPS) is 22.4. The molecule has 2 aliphatic heterocycles. The lowest BCUT2D eigenvalue weighted by Gasteiger charge is -2.34. The van der Waals surface area contributed by atoms with Crippen molar-refractivity contribution in [1.82, 2.24) is 19.5 Å². The minimum absolute atomic E-state index is 0.0516. The highest BCUT2D eigenvalue weighted by Gasteiger charge is 2.33. The zero-order valence-electron chi connectivity index (χ0n) is 19.4. The fourth-order valence-electron chi connectivity index (χ4n) is 5.05. The molecule has 180 valence electrons. The Kier molecular flexibility index (Phi) is 5.94. The molecule has 5 rings (SSSR count). The van der Waals surface area contributed by atoms with E-state index in [-0.39, 0.29) is 23.1 Å². The van der Waals surface area contributed by atoms with Crippen LogP contribution in [0.1, 0.15) is 52.5 Å². The maximum absolute atomic E-state index is 14.6. The van der Waals surface area contributed by atoms with E-state index in [1.54, 1.807) is 9.42 Å². The number of carbonyl (C=O) groups is 1. The van der Waals surface area contributed by atoms with Gasteiger partial charge >= 0.3 is 0 Å². The van der Waals surface area contributed by atoms with Crippen LogP contribution in [0.4, 0.5) is 10.2 Å². The van der Waals surface area contributed by atoms with Crippen LogP contribution in [-0.2, 0) is 0 Å². The van der Waals surface area contributed by atoms with Gasteiger partial charge in [-0.1, -0.05) is 0 Å². The number of halogens is 1. The first-order valence-electron chi connectivity index (χ1n) is 11.7. The van der Waals surface area contributed by atoms with Crippen LogP contribution in [0.15, 0.2) is 30.5 Å². The third kappa shape index (κ3) is 4.12. The second-order valence-electron chi connectivity index (χ2n) is 9.24. The molecule has 9 nitrogen and oxygen atoms in total. The van der Waals surface area contributed by atoms with Gasteiger partial charge in [-0.3, -0.25) is 4.79 Å². The van der Waals surface area contributed by atoms with Crippen LogP contribution in [-0.4, -0.2) is 62.5 Å². The Labute approximate surface area is 201 Å². The fraction of sp³-hybridized carbons (Fsp3) is 0.400. The van der Waals surface area contributed by atoms with E-state index in [0.29, 0.717) is 37.4 Å². The maximum Gasteiger partial charge on any atom is 0.257 e. The lowest BCUT2D eigenvalue weighted by molar-refractivity contribution is 0.0601. The zero-order chi connectivity index (χ0) is 24.7. The molecule has 10 heteroatoms. The van der Waals surface area contributed by atoms with Gasteiger partial charge in [0.2, 0.25) is 0 Å². The van der Waals surface area contributed by atoms with Gasteiger partial charge in [0.1, 0.15) is 11.6 Å². The lowest BCUT2D eigenvalue weighted by Crippen LogP contribution is -2.39. The third-order valence-electron chi connectivity index (χ3n) is 6.90. The van der Waals surface area contributed by atoms with Crippen LogP contribution in [0, 0.1) is 35.4 Å². The number of aryl methyl sites for hydroxylation is 1. The molecule has 0 saturated carbocycles. The molecule has 2 aliphatic rings. The van der Waals surface area contributed by atoms with E-state index in [0.717, 1.165) is 30.3 Å². The molecule has 1 amide bonds. The molecule has 2 aromatic heterocycles. The first-order valence-corrected chi connectivity index (χ1v) is 11.7. The van der Waals surface area contributed by atoms with Crippen LogP contribution in [0.5, 0.6) is 0 Å². The van der Waals surface area contributed by atoms with E-state index in [2.05, 4.69) is 0 Å². The number of nitrogens with one attached hydrogen (secondary N) is 1. The predicted molar refractivity (Wildman–Crippen MR) is 127 cm³/mol. The van der Waals surface area contributed by atoms with Gasteiger partial charge in [-0.15, -0.1) is 0 Å². The number of carbonyl (C=O) groups excluding carboxylic acids is 1. The Morgan fingerprint density at radius 3 is 2.86 bits per heavy atom. The van der Waals surface area contributed by atoms with Crippen LogP contribution >= 0.6 is 0 Å². The summed E-state index contributed by atoms with van der Waals surface area (Å²) in [5, 5.41) is 31.4. The Balaban J connectivity index is 1.46. The largest absolute Gasteiger partial charge is 0.391 e. The summed E-state index contributed by atoms with van der Waals surface area (Å²) >= 11 is 0. The number of nitrogens with zero attached hydrogens (tertiary/aromatic N) is 6. The predicted octanol–water partition coefficient (Wildman–Crippen LogP) is 2.86.